The number of amides is 2. The molecule has 1 saturated heterocycles. The average Bonchev–Trinajstić information content (AvgIpc) is 3.21. The first-order valence-electron chi connectivity index (χ1n) is 6.54. The molecule has 0 aromatic carbocycles. The maximum absolute atomic E-state index is 11.8. The zero-order chi connectivity index (χ0) is 12.8. The molecule has 0 spiro atoms. The highest BCUT2D eigenvalue weighted by atomic mass is 16.5. The number of hydrogen-bond donors (Lipinski definition) is 3. The molecule has 6 nitrogen and oxygen atoms in total. The van der Waals surface area contributed by atoms with Crippen molar-refractivity contribution in [2.24, 2.45) is 5.92 Å². The molecule has 0 aromatic rings. The molecule has 0 aromatic heterocycles. The molecule has 2 unspecified atom stereocenters. The topological polar surface area (TPSA) is 87.7 Å². The normalized spacial score (nSPS) is 32.9. The smallest absolute Gasteiger partial charge is 0.329 e. The van der Waals surface area contributed by atoms with Gasteiger partial charge in [-0.3, -0.25) is 0 Å². The molecule has 2 atom stereocenters. The summed E-state index contributed by atoms with van der Waals surface area (Å²) >= 11 is 0. The third kappa shape index (κ3) is 2.16. The molecule has 18 heavy (non-hydrogen) atoms. The molecule has 3 rings (SSSR count). The van der Waals surface area contributed by atoms with E-state index in [1.807, 2.05) is 0 Å². The zero-order valence-corrected chi connectivity index (χ0v) is 10.1. The van der Waals surface area contributed by atoms with Gasteiger partial charge in [0.25, 0.3) is 0 Å². The van der Waals surface area contributed by atoms with Crippen LogP contribution in [-0.2, 0) is 9.53 Å². The highest BCUT2D eigenvalue weighted by molar-refractivity contribution is 5.89. The van der Waals surface area contributed by atoms with E-state index in [2.05, 4.69) is 10.6 Å². The van der Waals surface area contributed by atoms with E-state index in [9.17, 15) is 9.59 Å². The Balaban J connectivity index is 1.53. The van der Waals surface area contributed by atoms with E-state index in [1.165, 1.54) is 12.8 Å². The van der Waals surface area contributed by atoms with Crippen molar-refractivity contribution in [3.63, 3.8) is 0 Å². The molecule has 1 aliphatic heterocycles. The molecule has 1 heterocycles. The Kier molecular flexibility index (Phi) is 2.69. The van der Waals surface area contributed by atoms with Gasteiger partial charge < -0.3 is 20.5 Å². The highest BCUT2D eigenvalue weighted by Crippen LogP contribution is 2.39. The molecule has 3 aliphatic rings. The fraction of sp³-hybridized carbons (Fsp3) is 0.833. The number of urea groups is 1. The van der Waals surface area contributed by atoms with E-state index in [4.69, 9.17) is 9.84 Å². The van der Waals surface area contributed by atoms with Gasteiger partial charge >= 0.3 is 12.0 Å². The molecule has 3 N–H and O–H groups in total. The lowest BCUT2D eigenvalue weighted by Gasteiger charge is -2.21. The minimum Gasteiger partial charge on any atom is -0.480 e. The summed E-state index contributed by atoms with van der Waals surface area (Å²) in [6.45, 7) is 0.677. The summed E-state index contributed by atoms with van der Waals surface area (Å²) in [5, 5.41) is 14.4. The fourth-order valence-electron chi connectivity index (χ4n) is 2.59. The number of hydrogen-bond acceptors (Lipinski definition) is 3. The Morgan fingerprint density at radius 1 is 1.22 bits per heavy atom. The van der Waals surface area contributed by atoms with Crippen molar-refractivity contribution in [2.75, 3.05) is 6.61 Å². The number of carbonyl (C=O) groups is 2. The highest BCUT2D eigenvalue weighted by Gasteiger charge is 2.52. The first-order valence-corrected chi connectivity index (χ1v) is 6.54. The minimum absolute atomic E-state index is 0.0297. The van der Waals surface area contributed by atoms with Crippen molar-refractivity contribution in [1.29, 1.82) is 0 Å². The monoisotopic (exact) mass is 254 g/mol. The lowest BCUT2D eigenvalue weighted by molar-refractivity contribution is -0.140. The SMILES string of the molecule is O=C(NC1CCOC1C1CC1)NC1(C(=O)O)CC1. The lowest BCUT2D eigenvalue weighted by Crippen LogP contribution is -2.52. The van der Waals surface area contributed by atoms with Crippen LogP contribution in [0.5, 0.6) is 0 Å². The number of rotatable bonds is 4. The molecule has 6 heteroatoms. The van der Waals surface area contributed by atoms with Gasteiger partial charge in [-0.05, 0) is 38.0 Å². The number of carbonyl (C=O) groups excluding carboxylic acids is 1. The van der Waals surface area contributed by atoms with E-state index in [0.29, 0.717) is 25.4 Å². The predicted molar refractivity (Wildman–Crippen MR) is 62.1 cm³/mol. The summed E-state index contributed by atoms with van der Waals surface area (Å²) in [4.78, 5) is 22.8. The Morgan fingerprint density at radius 3 is 2.50 bits per heavy atom. The van der Waals surface area contributed by atoms with Crippen LogP contribution in [0, 0.1) is 5.92 Å². The van der Waals surface area contributed by atoms with Crippen molar-refractivity contribution in [3.05, 3.63) is 0 Å². The standard InChI is InChI=1S/C12H18N2O4/c15-10(16)12(4-5-12)14-11(17)13-8-3-6-18-9(8)7-1-2-7/h7-9H,1-6H2,(H,15,16)(H2,13,14,17). The predicted octanol–water partition coefficient (Wildman–Crippen LogP) is 0.470. The largest absolute Gasteiger partial charge is 0.480 e. The van der Waals surface area contributed by atoms with Crippen LogP contribution in [0.15, 0.2) is 0 Å². The number of ether oxygens (including phenoxy) is 1. The summed E-state index contributed by atoms with van der Waals surface area (Å²) in [7, 11) is 0. The summed E-state index contributed by atoms with van der Waals surface area (Å²) in [6.07, 6.45) is 4.31. The summed E-state index contributed by atoms with van der Waals surface area (Å²) < 4.78 is 5.62. The second-order valence-electron chi connectivity index (χ2n) is 5.55. The van der Waals surface area contributed by atoms with Gasteiger partial charge in [-0.2, -0.15) is 0 Å². The first-order chi connectivity index (χ1) is 8.61. The molecule has 2 aliphatic carbocycles. The van der Waals surface area contributed by atoms with Crippen LogP contribution in [-0.4, -0.2) is 41.4 Å². The van der Waals surface area contributed by atoms with Crippen LogP contribution >= 0.6 is 0 Å². The van der Waals surface area contributed by atoms with Crippen molar-refractivity contribution in [2.45, 2.75) is 49.8 Å². The van der Waals surface area contributed by atoms with Crippen LogP contribution in [0.3, 0.4) is 0 Å². The van der Waals surface area contributed by atoms with Gasteiger partial charge in [0.1, 0.15) is 5.54 Å². The molecular weight excluding hydrogens is 236 g/mol. The fourth-order valence-corrected chi connectivity index (χ4v) is 2.59. The Hall–Kier alpha value is -1.30. The summed E-state index contributed by atoms with van der Waals surface area (Å²) in [5.41, 5.74) is -1.02. The lowest BCUT2D eigenvalue weighted by atomic mass is 10.1. The molecule has 3 fully saturated rings. The van der Waals surface area contributed by atoms with Gasteiger partial charge in [0.15, 0.2) is 0 Å². The van der Waals surface area contributed by atoms with Crippen LogP contribution in [0.4, 0.5) is 4.79 Å². The van der Waals surface area contributed by atoms with Gasteiger partial charge in [0.05, 0.1) is 12.1 Å². The van der Waals surface area contributed by atoms with E-state index in [1.54, 1.807) is 0 Å². The third-order valence-electron chi connectivity index (χ3n) is 4.05. The van der Waals surface area contributed by atoms with E-state index >= 15 is 0 Å². The summed E-state index contributed by atoms with van der Waals surface area (Å²) in [6, 6.07) is -0.349. The number of carboxylic acids is 1. The molecule has 2 saturated carbocycles. The second-order valence-corrected chi connectivity index (χ2v) is 5.55. The van der Waals surface area contributed by atoms with Crippen molar-refractivity contribution in [1.82, 2.24) is 10.6 Å². The zero-order valence-electron chi connectivity index (χ0n) is 10.1. The van der Waals surface area contributed by atoms with Crippen LogP contribution in [0.25, 0.3) is 0 Å². The first kappa shape index (κ1) is 11.8. The molecule has 0 radical (unpaired) electrons. The van der Waals surface area contributed by atoms with E-state index in [-0.39, 0.29) is 18.2 Å². The van der Waals surface area contributed by atoms with Crippen molar-refractivity contribution >= 4 is 12.0 Å². The van der Waals surface area contributed by atoms with Crippen molar-refractivity contribution in [3.8, 4) is 0 Å². The van der Waals surface area contributed by atoms with Gasteiger partial charge in [-0.25, -0.2) is 9.59 Å². The maximum Gasteiger partial charge on any atom is 0.329 e. The van der Waals surface area contributed by atoms with Crippen LogP contribution in [0.2, 0.25) is 0 Å². The summed E-state index contributed by atoms with van der Waals surface area (Å²) in [5.74, 6) is -0.369. The Labute approximate surface area is 105 Å². The van der Waals surface area contributed by atoms with Gasteiger partial charge in [0.2, 0.25) is 0 Å². The van der Waals surface area contributed by atoms with Crippen LogP contribution in [0.1, 0.15) is 32.1 Å². The van der Waals surface area contributed by atoms with E-state index in [0.717, 1.165) is 6.42 Å². The Bertz CT molecular complexity index is 376. The van der Waals surface area contributed by atoms with Gasteiger partial charge in [-0.1, -0.05) is 0 Å². The van der Waals surface area contributed by atoms with Crippen molar-refractivity contribution < 1.29 is 19.4 Å². The third-order valence-corrected chi connectivity index (χ3v) is 4.05. The minimum atomic E-state index is -1.02. The molecule has 100 valence electrons. The van der Waals surface area contributed by atoms with Gasteiger partial charge in [0, 0.05) is 6.61 Å². The number of carboxylic acid groups (broad SMARTS) is 1. The number of aliphatic carboxylic acids is 1. The number of nitrogens with one attached hydrogen (secondary N) is 2. The second kappa shape index (κ2) is 4.12. The molecule has 0 bridgehead atoms. The molecule has 2 amide bonds. The Morgan fingerprint density at radius 2 is 1.94 bits per heavy atom. The maximum atomic E-state index is 11.8. The average molecular weight is 254 g/mol. The van der Waals surface area contributed by atoms with Crippen LogP contribution < -0.4 is 10.6 Å². The quantitative estimate of drug-likeness (QED) is 0.680. The van der Waals surface area contributed by atoms with E-state index < -0.39 is 11.5 Å². The molecular formula is C12H18N2O4. The van der Waals surface area contributed by atoms with Gasteiger partial charge in [-0.15, -0.1) is 0 Å².